The molecule has 0 fully saturated rings. The van der Waals surface area contributed by atoms with Crippen LogP contribution in [0.4, 0.5) is 5.69 Å². The van der Waals surface area contributed by atoms with Gasteiger partial charge in [-0.05, 0) is 17.7 Å². The summed E-state index contributed by atoms with van der Waals surface area (Å²) < 4.78 is 0. The van der Waals surface area contributed by atoms with Crippen LogP contribution in [0.25, 0.3) is 11.3 Å². The number of nitrogens with two attached hydrogens (primary N) is 2. The van der Waals surface area contributed by atoms with E-state index in [1.165, 1.54) is 0 Å². The fourth-order valence-electron chi connectivity index (χ4n) is 1.43. The number of aromatic nitrogens is 1. The second kappa shape index (κ2) is 4.11. The normalized spacial score (nSPS) is 10.2. The van der Waals surface area contributed by atoms with E-state index in [2.05, 4.69) is 4.98 Å². The summed E-state index contributed by atoms with van der Waals surface area (Å²) in [6.07, 6.45) is 1.78. The lowest BCUT2D eigenvalue weighted by Crippen LogP contribution is -1.97. The quantitative estimate of drug-likeness (QED) is 0.725. The number of hydrogen-bond donors (Lipinski definition) is 2. The van der Waals surface area contributed by atoms with Gasteiger partial charge in [-0.2, -0.15) is 0 Å². The third-order valence-electron chi connectivity index (χ3n) is 2.30. The van der Waals surface area contributed by atoms with Gasteiger partial charge in [-0.25, -0.2) is 0 Å². The molecule has 2 rings (SSSR count). The summed E-state index contributed by atoms with van der Waals surface area (Å²) in [6.45, 7) is 0.511. The van der Waals surface area contributed by atoms with Gasteiger partial charge in [-0.1, -0.05) is 24.3 Å². The molecule has 0 aliphatic carbocycles. The van der Waals surface area contributed by atoms with Crippen molar-refractivity contribution in [3.8, 4) is 11.3 Å². The summed E-state index contributed by atoms with van der Waals surface area (Å²) >= 11 is 0. The molecule has 0 saturated heterocycles. The van der Waals surface area contributed by atoms with Crippen molar-refractivity contribution >= 4 is 5.69 Å². The molecule has 4 N–H and O–H groups in total. The molecule has 1 aromatic carbocycles. The zero-order chi connectivity index (χ0) is 10.7. The maximum absolute atomic E-state index is 5.86. The molecule has 0 spiro atoms. The molecule has 0 unspecified atom stereocenters. The van der Waals surface area contributed by atoms with Gasteiger partial charge in [-0.15, -0.1) is 0 Å². The van der Waals surface area contributed by atoms with E-state index in [0.29, 0.717) is 6.54 Å². The van der Waals surface area contributed by atoms with Crippen molar-refractivity contribution < 1.29 is 0 Å². The monoisotopic (exact) mass is 199 g/mol. The molecular weight excluding hydrogens is 186 g/mol. The zero-order valence-corrected chi connectivity index (χ0v) is 8.35. The Hall–Kier alpha value is -1.87. The highest BCUT2D eigenvalue weighted by atomic mass is 14.7. The van der Waals surface area contributed by atoms with E-state index in [-0.39, 0.29) is 0 Å². The lowest BCUT2D eigenvalue weighted by atomic mass is 10.1. The van der Waals surface area contributed by atoms with Crippen LogP contribution < -0.4 is 11.5 Å². The van der Waals surface area contributed by atoms with E-state index in [4.69, 9.17) is 11.5 Å². The first-order valence-corrected chi connectivity index (χ1v) is 4.81. The average Bonchev–Trinajstić information content (AvgIpc) is 2.30. The fourth-order valence-corrected chi connectivity index (χ4v) is 1.43. The fraction of sp³-hybridized carbons (Fsp3) is 0.0833. The van der Waals surface area contributed by atoms with Gasteiger partial charge in [0.15, 0.2) is 0 Å². The number of rotatable bonds is 2. The van der Waals surface area contributed by atoms with E-state index >= 15 is 0 Å². The first-order valence-electron chi connectivity index (χ1n) is 4.81. The number of anilines is 1. The van der Waals surface area contributed by atoms with Gasteiger partial charge < -0.3 is 11.5 Å². The second-order valence-electron chi connectivity index (χ2n) is 3.34. The van der Waals surface area contributed by atoms with Crippen LogP contribution in [0, 0.1) is 0 Å². The van der Waals surface area contributed by atoms with Crippen molar-refractivity contribution in [1.29, 1.82) is 0 Å². The minimum atomic E-state index is 0.511. The van der Waals surface area contributed by atoms with Gasteiger partial charge in [0.25, 0.3) is 0 Å². The maximum Gasteiger partial charge on any atom is 0.0722 e. The Morgan fingerprint density at radius 1 is 1.07 bits per heavy atom. The molecule has 0 aliphatic heterocycles. The standard InChI is InChI=1S/C12H13N3/c13-7-9-5-6-12(15-8-9)10-3-1-2-4-11(10)14/h1-6,8H,7,13-14H2. The Kier molecular flexibility index (Phi) is 2.65. The number of benzene rings is 1. The van der Waals surface area contributed by atoms with Crippen molar-refractivity contribution in [3.05, 3.63) is 48.2 Å². The first kappa shape index (κ1) is 9.68. The van der Waals surface area contributed by atoms with Crippen LogP contribution in [0.5, 0.6) is 0 Å². The van der Waals surface area contributed by atoms with Gasteiger partial charge in [0.1, 0.15) is 0 Å². The largest absolute Gasteiger partial charge is 0.398 e. The second-order valence-corrected chi connectivity index (χ2v) is 3.34. The summed E-state index contributed by atoms with van der Waals surface area (Å²) in [7, 11) is 0. The summed E-state index contributed by atoms with van der Waals surface area (Å²) in [4.78, 5) is 4.32. The van der Waals surface area contributed by atoms with Crippen molar-refractivity contribution in [2.24, 2.45) is 5.73 Å². The lowest BCUT2D eigenvalue weighted by Gasteiger charge is -2.04. The van der Waals surface area contributed by atoms with Gasteiger partial charge in [0, 0.05) is 24.0 Å². The molecule has 15 heavy (non-hydrogen) atoms. The van der Waals surface area contributed by atoms with Gasteiger partial charge in [0.2, 0.25) is 0 Å². The molecule has 0 saturated carbocycles. The van der Waals surface area contributed by atoms with Crippen molar-refractivity contribution in [2.75, 3.05) is 5.73 Å². The molecule has 0 radical (unpaired) electrons. The van der Waals surface area contributed by atoms with Crippen LogP contribution in [0.1, 0.15) is 5.56 Å². The van der Waals surface area contributed by atoms with E-state index in [9.17, 15) is 0 Å². The van der Waals surface area contributed by atoms with Crippen molar-refractivity contribution in [3.63, 3.8) is 0 Å². The Morgan fingerprint density at radius 3 is 2.47 bits per heavy atom. The van der Waals surface area contributed by atoms with Gasteiger partial charge in [0.05, 0.1) is 5.69 Å². The topological polar surface area (TPSA) is 64.9 Å². The number of pyridine rings is 1. The predicted octanol–water partition coefficient (Wildman–Crippen LogP) is 1.79. The van der Waals surface area contributed by atoms with Crippen molar-refractivity contribution in [2.45, 2.75) is 6.54 Å². The number of nitrogen functional groups attached to an aromatic ring is 1. The first-order chi connectivity index (χ1) is 7.31. The van der Waals surface area contributed by atoms with E-state index in [1.807, 2.05) is 36.4 Å². The van der Waals surface area contributed by atoms with E-state index < -0.39 is 0 Å². The van der Waals surface area contributed by atoms with Gasteiger partial charge >= 0.3 is 0 Å². The summed E-state index contributed by atoms with van der Waals surface area (Å²) in [5, 5.41) is 0. The van der Waals surface area contributed by atoms with Crippen LogP contribution in [-0.2, 0) is 6.54 Å². The number of hydrogen-bond acceptors (Lipinski definition) is 3. The third kappa shape index (κ3) is 1.97. The van der Waals surface area contributed by atoms with Crippen molar-refractivity contribution in [1.82, 2.24) is 4.98 Å². The molecule has 0 atom stereocenters. The molecule has 76 valence electrons. The smallest absolute Gasteiger partial charge is 0.0722 e. The van der Waals surface area contributed by atoms with E-state index in [0.717, 1.165) is 22.5 Å². The Morgan fingerprint density at radius 2 is 1.87 bits per heavy atom. The average molecular weight is 199 g/mol. The van der Waals surface area contributed by atoms with Crippen LogP contribution >= 0.6 is 0 Å². The SMILES string of the molecule is NCc1ccc(-c2ccccc2N)nc1. The third-order valence-corrected chi connectivity index (χ3v) is 2.30. The lowest BCUT2D eigenvalue weighted by molar-refractivity contribution is 1.05. The number of para-hydroxylation sites is 1. The molecule has 2 aromatic rings. The summed E-state index contributed by atoms with van der Waals surface area (Å²) in [5.74, 6) is 0. The minimum absolute atomic E-state index is 0.511. The molecule has 1 aromatic heterocycles. The molecule has 0 bridgehead atoms. The molecule has 3 heteroatoms. The predicted molar refractivity (Wildman–Crippen MR) is 62.0 cm³/mol. The van der Waals surface area contributed by atoms with Crippen LogP contribution in [0.3, 0.4) is 0 Å². The highest BCUT2D eigenvalue weighted by Crippen LogP contribution is 2.23. The minimum Gasteiger partial charge on any atom is -0.398 e. The summed E-state index contributed by atoms with van der Waals surface area (Å²) in [5.41, 5.74) is 15.0. The number of nitrogens with zero attached hydrogens (tertiary/aromatic N) is 1. The van der Waals surface area contributed by atoms with Crippen LogP contribution in [0.15, 0.2) is 42.6 Å². The maximum atomic E-state index is 5.86. The zero-order valence-electron chi connectivity index (χ0n) is 8.35. The van der Waals surface area contributed by atoms with Crippen LogP contribution in [-0.4, -0.2) is 4.98 Å². The van der Waals surface area contributed by atoms with E-state index in [1.54, 1.807) is 6.20 Å². The molecule has 0 aliphatic rings. The Balaban J connectivity index is 2.42. The highest BCUT2D eigenvalue weighted by molar-refractivity contribution is 5.73. The molecular formula is C12H13N3. The Labute approximate surface area is 88.8 Å². The Bertz CT molecular complexity index is 449. The highest BCUT2D eigenvalue weighted by Gasteiger charge is 2.02. The molecule has 0 amide bonds. The van der Waals surface area contributed by atoms with Gasteiger partial charge in [-0.3, -0.25) is 4.98 Å². The molecule has 3 nitrogen and oxygen atoms in total. The summed E-state index contributed by atoms with van der Waals surface area (Å²) in [6, 6.07) is 11.6. The molecule has 1 heterocycles. The van der Waals surface area contributed by atoms with Crippen LogP contribution in [0.2, 0.25) is 0 Å².